The van der Waals surface area contributed by atoms with E-state index in [0.717, 1.165) is 0 Å². The lowest BCUT2D eigenvalue weighted by atomic mass is 9.75. The average Bonchev–Trinajstić information content (AvgIpc) is 3.10. The summed E-state index contributed by atoms with van der Waals surface area (Å²) < 4.78 is 18.0. The van der Waals surface area contributed by atoms with Crippen LogP contribution in [-0.4, -0.2) is 52.7 Å². The molecule has 0 aliphatic heterocycles. The Balaban J connectivity index is 2.23. The molecule has 1 aromatic carbocycles. The van der Waals surface area contributed by atoms with E-state index in [-0.39, 0.29) is 24.5 Å². The van der Waals surface area contributed by atoms with E-state index in [2.05, 4.69) is 0 Å². The number of benzene rings is 1. The maximum absolute atomic E-state index is 13.2. The zero-order chi connectivity index (χ0) is 29.1. The number of esters is 3. The number of fused-ring (bicyclic) bond motifs is 1. The number of rotatable bonds is 4. The van der Waals surface area contributed by atoms with Crippen LogP contribution in [0.5, 0.6) is 0 Å². The van der Waals surface area contributed by atoms with Gasteiger partial charge in [-0.15, -0.1) is 0 Å². The third-order valence-electron chi connectivity index (χ3n) is 7.84. The number of carbonyl (C=O) groups excluding carboxylic acids is 4. The molecule has 2 aliphatic carbocycles. The van der Waals surface area contributed by atoms with Crippen molar-refractivity contribution in [3.63, 3.8) is 0 Å². The van der Waals surface area contributed by atoms with Gasteiger partial charge in [-0.25, -0.2) is 4.79 Å². The van der Waals surface area contributed by atoms with Crippen LogP contribution < -0.4 is 0 Å². The van der Waals surface area contributed by atoms with Gasteiger partial charge in [-0.3, -0.25) is 14.4 Å². The fourth-order valence-corrected chi connectivity index (χ4v) is 5.73. The van der Waals surface area contributed by atoms with E-state index in [1.54, 1.807) is 69.3 Å². The van der Waals surface area contributed by atoms with Crippen LogP contribution in [0.15, 0.2) is 54.1 Å². The van der Waals surface area contributed by atoms with Crippen LogP contribution in [0, 0.1) is 23.2 Å². The van der Waals surface area contributed by atoms with Crippen molar-refractivity contribution in [3.8, 4) is 0 Å². The second-order valence-electron chi connectivity index (χ2n) is 11.5. The van der Waals surface area contributed by atoms with Crippen LogP contribution in [0.3, 0.4) is 0 Å². The molecule has 2 aliphatic rings. The molecule has 1 fully saturated rings. The zero-order valence-corrected chi connectivity index (χ0v) is 23.8. The Kier molecular flexibility index (Phi) is 9.21. The molecule has 0 bridgehead atoms. The number of Topliss-reactive ketones (excluding diaryl/α,β-unsaturated/α-hetero) is 1. The van der Waals surface area contributed by atoms with Gasteiger partial charge in [0.2, 0.25) is 0 Å². The number of aliphatic hydroxyl groups excluding tert-OH is 1. The Bertz CT molecular complexity index is 1150. The highest BCUT2D eigenvalue weighted by Crippen LogP contribution is 2.51. The predicted molar refractivity (Wildman–Crippen MR) is 144 cm³/mol. The largest absolute Gasteiger partial charge is 0.458 e. The van der Waals surface area contributed by atoms with Crippen molar-refractivity contribution >= 4 is 23.7 Å². The molecule has 1 saturated carbocycles. The summed E-state index contributed by atoms with van der Waals surface area (Å²) in [6, 6.07) is 8.56. The maximum atomic E-state index is 13.2. The zero-order valence-electron chi connectivity index (χ0n) is 23.8. The molecular weight excluding hydrogens is 500 g/mol. The Hall–Kier alpha value is -3.26. The quantitative estimate of drug-likeness (QED) is 0.335. The third-order valence-corrected chi connectivity index (χ3v) is 7.84. The van der Waals surface area contributed by atoms with Crippen LogP contribution in [0.25, 0.3) is 0 Å². The van der Waals surface area contributed by atoms with E-state index in [9.17, 15) is 24.3 Å². The Morgan fingerprint density at radius 1 is 1.00 bits per heavy atom. The molecule has 0 saturated heterocycles. The highest BCUT2D eigenvalue weighted by Gasteiger charge is 2.62. The van der Waals surface area contributed by atoms with Gasteiger partial charge >= 0.3 is 17.9 Å². The molecule has 0 unspecified atom stereocenters. The summed E-state index contributed by atoms with van der Waals surface area (Å²) in [5.74, 6) is -3.40. The van der Waals surface area contributed by atoms with E-state index in [4.69, 9.17) is 14.2 Å². The van der Waals surface area contributed by atoms with Gasteiger partial charge in [0.1, 0.15) is 18.0 Å². The van der Waals surface area contributed by atoms with Gasteiger partial charge in [0.05, 0.1) is 17.6 Å². The van der Waals surface area contributed by atoms with Gasteiger partial charge in [0.25, 0.3) is 0 Å². The molecule has 8 nitrogen and oxygen atoms in total. The molecule has 0 spiro atoms. The smallest absolute Gasteiger partial charge is 0.338 e. The number of carbonyl (C=O) groups is 4. The molecular formula is C31H40O8. The lowest BCUT2D eigenvalue weighted by Crippen LogP contribution is -2.55. The minimum atomic E-state index is -1.41. The SMILES string of the molecule is CC(=O)O[C@@H]1[C@@H](C)/C=C/C(C)(C)C(=O)C[C@@H](O)/C(C)=C/[C@H]2[C@@H](OC(=O)c3ccccc3)[C@H](C)C[C@]12OC(C)=O. The average molecular weight is 541 g/mol. The Labute approximate surface area is 230 Å². The topological polar surface area (TPSA) is 116 Å². The summed E-state index contributed by atoms with van der Waals surface area (Å²) in [6.45, 7) is 11.5. The first-order valence-electron chi connectivity index (χ1n) is 13.4. The summed E-state index contributed by atoms with van der Waals surface area (Å²) in [6.07, 6.45) is 2.53. The molecule has 39 heavy (non-hydrogen) atoms. The molecule has 0 amide bonds. The summed E-state index contributed by atoms with van der Waals surface area (Å²) in [4.78, 5) is 51.2. The van der Waals surface area contributed by atoms with Crippen molar-refractivity contribution in [1.29, 1.82) is 0 Å². The van der Waals surface area contributed by atoms with Crippen LogP contribution in [-0.2, 0) is 28.6 Å². The number of hydrogen-bond acceptors (Lipinski definition) is 8. The van der Waals surface area contributed by atoms with E-state index >= 15 is 0 Å². The monoisotopic (exact) mass is 540 g/mol. The summed E-state index contributed by atoms with van der Waals surface area (Å²) in [5.41, 5.74) is -1.46. The molecule has 0 heterocycles. The van der Waals surface area contributed by atoms with Crippen molar-refractivity contribution in [2.75, 3.05) is 0 Å². The first-order chi connectivity index (χ1) is 18.2. The van der Waals surface area contributed by atoms with Gasteiger partial charge < -0.3 is 19.3 Å². The number of ether oxygens (including phenoxy) is 3. The van der Waals surface area contributed by atoms with Crippen molar-refractivity contribution in [1.82, 2.24) is 0 Å². The van der Waals surface area contributed by atoms with Gasteiger partial charge in [0, 0.05) is 31.6 Å². The van der Waals surface area contributed by atoms with Crippen LogP contribution >= 0.6 is 0 Å². The minimum absolute atomic E-state index is 0.112. The van der Waals surface area contributed by atoms with Gasteiger partial charge in [-0.2, -0.15) is 0 Å². The molecule has 8 heteroatoms. The van der Waals surface area contributed by atoms with E-state index < -0.39 is 59.1 Å². The summed E-state index contributed by atoms with van der Waals surface area (Å²) >= 11 is 0. The number of hydrogen-bond donors (Lipinski definition) is 1. The van der Waals surface area contributed by atoms with Crippen molar-refractivity contribution in [3.05, 3.63) is 59.7 Å². The number of aliphatic hydroxyl groups is 1. The fourth-order valence-electron chi connectivity index (χ4n) is 5.73. The van der Waals surface area contributed by atoms with E-state index in [1.807, 2.05) is 13.8 Å². The molecule has 1 N–H and O–H groups in total. The highest BCUT2D eigenvalue weighted by molar-refractivity contribution is 5.89. The summed E-state index contributed by atoms with van der Waals surface area (Å²) in [7, 11) is 0. The van der Waals surface area contributed by atoms with Crippen LogP contribution in [0.4, 0.5) is 0 Å². The van der Waals surface area contributed by atoms with Crippen molar-refractivity contribution in [2.24, 2.45) is 23.2 Å². The first kappa shape index (κ1) is 30.3. The van der Waals surface area contributed by atoms with Gasteiger partial charge in [-0.1, -0.05) is 50.3 Å². The van der Waals surface area contributed by atoms with Gasteiger partial charge in [0.15, 0.2) is 5.60 Å². The molecule has 3 rings (SSSR count). The Morgan fingerprint density at radius 2 is 1.64 bits per heavy atom. The molecule has 7 atom stereocenters. The number of ketones is 1. The van der Waals surface area contributed by atoms with Crippen molar-refractivity contribution in [2.45, 2.75) is 85.2 Å². The second kappa shape index (κ2) is 11.9. The lowest BCUT2D eigenvalue weighted by Gasteiger charge is -2.43. The van der Waals surface area contributed by atoms with E-state index in [1.165, 1.54) is 13.8 Å². The first-order valence-corrected chi connectivity index (χ1v) is 13.4. The summed E-state index contributed by atoms with van der Waals surface area (Å²) in [5, 5.41) is 11.0. The van der Waals surface area contributed by atoms with Crippen LogP contribution in [0.1, 0.15) is 71.7 Å². The molecule has 0 aromatic heterocycles. The predicted octanol–water partition coefficient (Wildman–Crippen LogP) is 4.60. The maximum Gasteiger partial charge on any atom is 0.338 e. The molecule has 0 radical (unpaired) electrons. The normalized spacial score (nSPS) is 34.8. The minimum Gasteiger partial charge on any atom is -0.458 e. The molecule has 212 valence electrons. The standard InChI is InChI=1S/C31H40O8/c1-18-13-14-30(6,7)26(35)16-25(34)19(2)15-24-27(38-29(36)23-11-9-8-10-12-23)20(3)17-31(24,39-22(5)33)28(18)37-21(4)32/h8-15,18,20,24-25,27-28,34H,16-17H2,1-7H3/b14-13+,19-15+/t18-,20+,24-,25+,27-,28+,31+/m0/s1. The second-order valence-corrected chi connectivity index (χ2v) is 11.5. The Morgan fingerprint density at radius 3 is 2.23 bits per heavy atom. The number of allylic oxidation sites excluding steroid dienone is 1. The third kappa shape index (κ3) is 6.67. The molecule has 1 aromatic rings. The van der Waals surface area contributed by atoms with Crippen LogP contribution in [0.2, 0.25) is 0 Å². The highest BCUT2D eigenvalue weighted by atomic mass is 16.6. The van der Waals surface area contributed by atoms with Crippen molar-refractivity contribution < 1.29 is 38.5 Å². The van der Waals surface area contributed by atoms with E-state index in [0.29, 0.717) is 11.1 Å². The lowest BCUT2D eigenvalue weighted by molar-refractivity contribution is -0.195. The van der Waals surface area contributed by atoms with Gasteiger partial charge in [-0.05, 0) is 50.8 Å². The fraction of sp³-hybridized carbons (Fsp3) is 0.548.